The molecule has 0 atom stereocenters. The number of hydrogen-bond donors (Lipinski definition) is 1. The van der Waals surface area contributed by atoms with Crippen LogP contribution in [0.25, 0.3) is 0 Å². The Kier molecular flexibility index (Phi) is 6.91. The summed E-state index contributed by atoms with van der Waals surface area (Å²) in [6.45, 7) is 2.25. The predicted molar refractivity (Wildman–Crippen MR) is 117 cm³/mol. The summed E-state index contributed by atoms with van der Waals surface area (Å²) in [4.78, 5) is 12.8. The zero-order chi connectivity index (χ0) is 22.4. The van der Waals surface area contributed by atoms with Crippen LogP contribution in [0.5, 0.6) is 5.75 Å². The minimum absolute atomic E-state index is 0.142. The van der Waals surface area contributed by atoms with Crippen molar-refractivity contribution in [3.63, 3.8) is 0 Å². The third-order valence-corrected chi connectivity index (χ3v) is 6.42. The molecule has 0 fully saturated rings. The number of rotatable bonds is 8. The SMILES string of the molecule is Cc1ccc(S(=O)(=O)N(C)c2ccccc2C(=O)NCCOc2ccc(F)cc2)cc1. The fraction of sp³-hybridized carbons (Fsp3) is 0.174. The smallest absolute Gasteiger partial charge is 0.264 e. The van der Waals surface area contributed by atoms with Crippen molar-refractivity contribution in [2.45, 2.75) is 11.8 Å². The molecule has 0 saturated carbocycles. The number of carbonyl (C=O) groups is 1. The van der Waals surface area contributed by atoms with Crippen LogP contribution in [0.15, 0.2) is 77.7 Å². The number of aryl methyl sites for hydroxylation is 1. The van der Waals surface area contributed by atoms with Crippen LogP contribution in [0, 0.1) is 12.7 Å². The summed E-state index contributed by atoms with van der Waals surface area (Å²) < 4.78 is 45.5. The van der Waals surface area contributed by atoms with Crippen LogP contribution in [0.3, 0.4) is 0 Å². The van der Waals surface area contributed by atoms with Crippen LogP contribution in [0.1, 0.15) is 15.9 Å². The number of sulfonamides is 1. The average molecular weight is 443 g/mol. The second-order valence-corrected chi connectivity index (χ2v) is 8.83. The van der Waals surface area contributed by atoms with E-state index in [1.165, 1.54) is 43.4 Å². The van der Waals surface area contributed by atoms with Gasteiger partial charge >= 0.3 is 0 Å². The first-order valence-corrected chi connectivity index (χ1v) is 11.0. The van der Waals surface area contributed by atoms with Gasteiger partial charge in [0.15, 0.2) is 0 Å². The lowest BCUT2D eigenvalue weighted by Gasteiger charge is -2.22. The van der Waals surface area contributed by atoms with Gasteiger partial charge in [-0.05, 0) is 55.5 Å². The van der Waals surface area contributed by atoms with E-state index >= 15 is 0 Å². The van der Waals surface area contributed by atoms with Crippen LogP contribution in [0.2, 0.25) is 0 Å². The van der Waals surface area contributed by atoms with Crippen molar-refractivity contribution in [2.75, 3.05) is 24.5 Å². The molecule has 3 aromatic carbocycles. The third kappa shape index (κ3) is 5.40. The Morgan fingerprint density at radius 2 is 1.65 bits per heavy atom. The second-order valence-electron chi connectivity index (χ2n) is 6.86. The quantitative estimate of drug-likeness (QED) is 0.539. The number of halogens is 1. The van der Waals surface area contributed by atoms with E-state index in [9.17, 15) is 17.6 Å². The van der Waals surface area contributed by atoms with E-state index in [1.807, 2.05) is 6.92 Å². The molecule has 31 heavy (non-hydrogen) atoms. The number of hydrogen-bond acceptors (Lipinski definition) is 4. The first-order valence-electron chi connectivity index (χ1n) is 9.60. The lowest BCUT2D eigenvalue weighted by molar-refractivity contribution is 0.0947. The van der Waals surface area contributed by atoms with Gasteiger partial charge in [0, 0.05) is 7.05 Å². The Morgan fingerprint density at radius 1 is 1.00 bits per heavy atom. The summed E-state index contributed by atoms with van der Waals surface area (Å²) in [6.07, 6.45) is 0. The highest BCUT2D eigenvalue weighted by molar-refractivity contribution is 7.92. The Labute approximate surface area is 181 Å². The lowest BCUT2D eigenvalue weighted by atomic mass is 10.1. The van der Waals surface area contributed by atoms with Crippen molar-refractivity contribution in [3.8, 4) is 5.75 Å². The number of nitrogens with zero attached hydrogens (tertiary/aromatic N) is 1. The number of para-hydroxylation sites is 1. The van der Waals surface area contributed by atoms with E-state index < -0.39 is 15.9 Å². The summed E-state index contributed by atoms with van der Waals surface area (Å²) in [5.41, 5.74) is 1.44. The van der Waals surface area contributed by atoms with Crippen molar-refractivity contribution in [2.24, 2.45) is 0 Å². The predicted octanol–water partition coefficient (Wildman–Crippen LogP) is 3.77. The zero-order valence-electron chi connectivity index (χ0n) is 17.2. The number of carbonyl (C=O) groups excluding carboxylic acids is 1. The number of benzene rings is 3. The molecule has 0 aromatic heterocycles. The molecule has 0 radical (unpaired) electrons. The molecule has 0 bridgehead atoms. The Morgan fingerprint density at radius 3 is 2.32 bits per heavy atom. The first kappa shape index (κ1) is 22.3. The molecule has 0 aliphatic rings. The minimum atomic E-state index is -3.83. The molecule has 8 heteroatoms. The standard InChI is InChI=1S/C23H23FN2O4S/c1-17-7-13-20(14-8-17)31(28,29)26(2)22-6-4-3-5-21(22)23(27)25-15-16-30-19-11-9-18(24)10-12-19/h3-14H,15-16H2,1-2H3,(H,25,27). The number of ether oxygens (including phenoxy) is 1. The highest BCUT2D eigenvalue weighted by Crippen LogP contribution is 2.26. The molecule has 6 nitrogen and oxygen atoms in total. The second kappa shape index (κ2) is 9.61. The maximum Gasteiger partial charge on any atom is 0.264 e. The van der Waals surface area contributed by atoms with Gasteiger partial charge in [0.2, 0.25) is 0 Å². The molecule has 0 aliphatic heterocycles. The van der Waals surface area contributed by atoms with Gasteiger partial charge in [-0.3, -0.25) is 9.10 Å². The fourth-order valence-corrected chi connectivity index (χ4v) is 4.11. The molecule has 0 heterocycles. The normalized spacial score (nSPS) is 11.1. The van der Waals surface area contributed by atoms with Crippen molar-refractivity contribution in [3.05, 3.63) is 89.7 Å². The van der Waals surface area contributed by atoms with Crippen LogP contribution in [-0.4, -0.2) is 34.5 Å². The highest BCUT2D eigenvalue weighted by Gasteiger charge is 2.24. The van der Waals surface area contributed by atoms with E-state index in [-0.39, 0.29) is 35.1 Å². The fourth-order valence-electron chi connectivity index (χ4n) is 2.90. The molecule has 0 aliphatic carbocycles. The average Bonchev–Trinajstić information content (AvgIpc) is 2.77. The molecule has 0 unspecified atom stereocenters. The monoisotopic (exact) mass is 442 g/mol. The van der Waals surface area contributed by atoms with Gasteiger partial charge in [-0.1, -0.05) is 29.8 Å². The summed E-state index contributed by atoms with van der Waals surface area (Å²) in [7, 11) is -2.42. The van der Waals surface area contributed by atoms with Crippen molar-refractivity contribution >= 4 is 21.6 Å². The highest BCUT2D eigenvalue weighted by atomic mass is 32.2. The van der Waals surface area contributed by atoms with E-state index in [4.69, 9.17) is 4.74 Å². The van der Waals surface area contributed by atoms with Gasteiger partial charge in [-0.15, -0.1) is 0 Å². The van der Waals surface area contributed by atoms with Gasteiger partial charge in [0.25, 0.3) is 15.9 Å². The number of nitrogens with one attached hydrogen (secondary N) is 1. The van der Waals surface area contributed by atoms with Crippen LogP contribution >= 0.6 is 0 Å². The lowest BCUT2D eigenvalue weighted by Crippen LogP contribution is -2.32. The molecule has 0 saturated heterocycles. The Hall–Kier alpha value is -3.39. The molecule has 0 spiro atoms. The van der Waals surface area contributed by atoms with Crippen LogP contribution < -0.4 is 14.4 Å². The molecule has 1 N–H and O–H groups in total. The van der Waals surface area contributed by atoms with E-state index in [2.05, 4.69) is 5.32 Å². The summed E-state index contributed by atoms with van der Waals surface area (Å²) >= 11 is 0. The van der Waals surface area contributed by atoms with Crippen molar-refractivity contribution < 1.29 is 22.3 Å². The summed E-state index contributed by atoms with van der Waals surface area (Å²) in [5, 5.41) is 2.72. The molecular weight excluding hydrogens is 419 g/mol. The maximum atomic E-state index is 13.0. The Bertz CT molecular complexity index is 1150. The maximum absolute atomic E-state index is 13.0. The molecule has 3 aromatic rings. The summed E-state index contributed by atoms with van der Waals surface area (Å²) in [6, 6.07) is 18.6. The number of amides is 1. The van der Waals surface area contributed by atoms with Crippen LogP contribution in [0.4, 0.5) is 10.1 Å². The third-order valence-electron chi connectivity index (χ3n) is 4.64. The Balaban J connectivity index is 1.69. The molecule has 3 rings (SSSR count). The van der Waals surface area contributed by atoms with Crippen molar-refractivity contribution in [1.29, 1.82) is 0 Å². The van der Waals surface area contributed by atoms with Gasteiger partial charge in [0.05, 0.1) is 22.7 Å². The van der Waals surface area contributed by atoms with E-state index in [0.29, 0.717) is 5.75 Å². The number of anilines is 1. The molecule has 162 valence electrons. The summed E-state index contributed by atoms with van der Waals surface area (Å²) in [5.74, 6) is -0.300. The zero-order valence-corrected chi connectivity index (χ0v) is 18.0. The van der Waals surface area contributed by atoms with Gasteiger partial charge in [-0.25, -0.2) is 12.8 Å². The minimum Gasteiger partial charge on any atom is -0.492 e. The van der Waals surface area contributed by atoms with E-state index in [0.717, 1.165) is 9.87 Å². The van der Waals surface area contributed by atoms with Gasteiger partial charge < -0.3 is 10.1 Å². The molecular formula is C23H23FN2O4S. The van der Waals surface area contributed by atoms with Crippen LogP contribution in [-0.2, 0) is 10.0 Å². The molecule has 1 amide bonds. The van der Waals surface area contributed by atoms with E-state index in [1.54, 1.807) is 36.4 Å². The largest absolute Gasteiger partial charge is 0.492 e. The first-order chi connectivity index (χ1) is 14.8. The van der Waals surface area contributed by atoms with Gasteiger partial charge in [-0.2, -0.15) is 0 Å². The van der Waals surface area contributed by atoms with Crippen molar-refractivity contribution in [1.82, 2.24) is 5.32 Å². The topological polar surface area (TPSA) is 75.7 Å². The van der Waals surface area contributed by atoms with Gasteiger partial charge in [0.1, 0.15) is 18.2 Å².